The van der Waals surface area contributed by atoms with Gasteiger partial charge in [0.1, 0.15) is 0 Å². The Balaban J connectivity index is 1.49. The van der Waals surface area contributed by atoms with Crippen molar-refractivity contribution >= 4 is 22.8 Å². The summed E-state index contributed by atoms with van der Waals surface area (Å²) < 4.78 is 7.54. The van der Waals surface area contributed by atoms with Gasteiger partial charge in [0, 0.05) is 25.5 Å². The van der Waals surface area contributed by atoms with E-state index in [0.29, 0.717) is 18.8 Å². The maximum atomic E-state index is 12.6. The standard InChI is InChI=1S/C16H22N6O2/c1-10-12-6-11(7-17-15(12)21(3)19-10)18-16(23)22-8-13-14(9-22)24-5-4-20(13)2/h6-7,13-14H,4-5,8-9H2,1-3H3,(H,18,23)/t13-,14+/m0/s1. The summed E-state index contributed by atoms with van der Waals surface area (Å²) in [5.74, 6) is 0. The quantitative estimate of drug-likeness (QED) is 0.838. The highest BCUT2D eigenvalue weighted by Gasteiger charge is 2.40. The lowest BCUT2D eigenvalue weighted by molar-refractivity contribution is -0.0367. The molecule has 0 saturated carbocycles. The molecule has 2 aliphatic heterocycles. The normalized spacial score (nSPS) is 24.4. The Morgan fingerprint density at radius 1 is 1.38 bits per heavy atom. The summed E-state index contributed by atoms with van der Waals surface area (Å²) in [6.07, 6.45) is 1.78. The molecule has 0 radical (unpaired) electrons. The Bertz CT molecular complexity index is 788. The van der Waals surface area contributed by atoms with Gasteiger partial charge in [-0.25, -0.2) is 9.78 Å². The molecule has 2 fully saturated rings. The number of amides is 2. The third-order valence-electron chi connectivity index (χ3n) is 4.98. The fourth-order valence-electron chi connectivity index (χ4n) is 3.60. The molecule has 0 aliphatic carbocycles. The van der Waals surface area contributed by atoms with Gasteiger partial charge in [0.15, 0.2) is 5.65 Å². The van der Waals surface area contributed by atoms with Crippen molar-refractivity contribution in [1.29, 1.82) is 0 Å². The molecule has 0 bridgehead atoms. The first-order valence-electron chi connectivity index (χ1n) is 8.20. The van der Waals surface area contributed by atoms with Gasteiger partial charge in [0.05, 0.1) is 42.9 Å². The number of likely N-dealkylation sites (tertiary alicyclic amines) is 1. The summed E-state index contributed by atoms with van der Waals surface area (Å²) in [6.45, 7) is 4.90. The molecular formula is C16H22N6O2. The average Bonchev–Trinajstić information content (AvgIpc) is 3.11. The second-order valence-electron chi connectivity index (χ2n) is 6.60. The molecule has 8 heteroatoms. The number of nitrogens with zero attached hydrogens (tertiary/aromatic N) is 5. The number of anilines is 1. The maximum Gasteiger partial charge on any atom is 0.322 e. The number of aromatic nitrogens is 3. The third-order valence-corrected chi connectivity index (χ3v) is 4.98. The van der Waals surface area contributed by atoms with Gasteiger partial charge in [0.25, 0.3) is 0 Å². The van der Waals surface area contributed by atoms with Crippen molar-refractivity contribution in [3.05, 3.63) is 18.0 Å². The SMILES string of the molecule is Cc1nn(C)c2ncc(NC(=O)N3C[C@H]4OCCN(C)[C@H]4C3)cc12. The lowest BCUT2D eigenvalue weighted by Crippen LogP contribution is -2.48. The summed E-state index contributed by atoms with van der Waals surface area (Å²) >= 11 is 0. The average molecular weight is 330 g/mol. The van der Waals surface area contributed by atoms with Crippen molar-refractivity contribution in [2.45, 2.75) is 19.1 Å². The van der Waals surface area contributed by atoms with E-state index in [9.17, 15) is 4.79 Å². The number of nitrogens with one attached hydrogen (secondary N) is 1. The zero-order valence-electron chi connectivity index (χ0n) is 14.2. The third kappa shape index (κ3) is 2.51. The fourth-order valence-corrected chi connectivity index (χ4v) is 3.60. The van der Waals surface area contributed by atoms with E-state index >= 15 is 0 Å². The molecule has 2 aliphatic rings. The number of fused-ring (bicyclic) bond motifs is 2. The molecule has 2 aromatic rings. The Kier molecular flexibility index (Phi) is 3.65. The van der Waals surface area contributed by atoms with E-state index in [-0.39, 0.29) is 18.2 Å². The number of carbonyl (C=O) groups is 1. The highest BCUT2D eigenvalue weighted by atomic mass is 16.5. The number of hydrogen-bond donors (Lipinski definition) is 1. The number of urea groups is 1. The van der Waals surface area contributed by atoms with E-state index < -0.39 is 0 Å². The van der Waals surface area contributed by atoms with Crippen molar-refractivity contribution in [3.8, 4) is 0 Å². The Labute approximate surface area is 140 Å². The minimum atomic E-state index is -0.107. The fraction of sp³-hybridized carbons (Fsp3) is 0.562. The number of ether oxygens (including phenoxy) is 1. The molecule has 128 valence electrons. The maximum absolute atomic E-state index is 12.6. The first-order valence-corrected chi connectivity index (χ1v) is 8.20. The molecule has 4 heterocycles. The van der Waals surface area contributed by atoms with Crippen LogP contribution in [0.1, 0.15) is 5.69 Å². The predicted molar refractivity (Wildman–Crippen MR) is 90.0 cm³/mol. The van der Waals surface area contributed by atoms with Gasteiger partial charge in [-0.15, -0.1) is 0 Å². The van der Waals surface area contributed by atoms with Crippen molar-refractivity contribution in [3.63, 3.8) is 0 Å². The van der Waals surface area contributed by atoms with Crippen LogP contribution in [0.25, 0.3) is 11.0 Å². The van der Waals surface area contributed by atoms with E-state index in [1.165, 1.54) is 0 Å². The number of pyridine rings is 1. The number of carbonyl (C=O) groups excluding carboxylic acids is 1. The molecule has 24 heavy (non-hydrogen) atoms. The summed E-state index contributed by atoms with van der Waals surface area (Å²) in [6, 6.07) is 2.10. The Hall–Kier alpha value is -2.19. The molecule has 8 nitrogen and oxygen atoms in total. The molecule has 4 rings (SSSR count). The van der Waals surface area contributed by atoms with Crippen molar-refractivity contribution in [1.82, 2.24) is 24.6 Å². The molecule has 0 aromatic carbocycles. The number of rotatable bonds is 1. The Morgan fingerprint density at radius 3 is 3.00 bits per heavy atom. The van der Waals surface area contributed by atoms with Gasteiger partial charge in [0.2, 0.25) is 0 Å². The minimum absolute atomic E-state index is 0.107. The van der Waals surface area contributed by atoms with Crippen LogP contribution in [-0.4, -0.2) is 76.0 Å². The smallest absolute Gasteiger partial charge is 0.322 e. The van der Waals surface area contributed by atoms with Gasteiger partial charge >= 0.3 is 6.03 Å². The molecule has 2 saturated heterocycles. The lowest BCUT2D eigenvalue weighted by atomic mass is 10.1. The predicted octanol–water partition coefficient (Wildman–Crippen LogP) is 0.823. The molecule has 2 aromatic heterocycles. The van der Waals surface area contributed by atoms with E-state index in [4.69, 9.17) is 4.74 Å². The van der Waals surface area contributed by atoms with Crippen LogP contribution in [0, 0.1) is 6.92 Å². The highest BCUT2D eigenvalue weighted by Crippen LogP contribution is 2.23. The van der Waals surface area contributed by atoms with E-state index in [1.807, 2.05) is 24.9 Å². The topological polar surface area (TPSA) is 75.5 Å². The number of likely N-dealkylation sites (N-methyl/N-ethyl adjacent to an activating group) is 1. The van der Waals surface area contributed by atoms with E-state index in [0.717, 1.165) is 29.9 Å². The van der Waals surface area contributed by atoms with Crippen LogP contribution in [0.2, 0.25) is 0 Å². The van der Waals surface area contributed by atoms with Crippen LogP contribution in [-0.2, 0) is 11.8 Å². The van der Waals surface area contributed by atoms with Crippen LogP contribution < -0.4 is 5.32 Å². The van der Waals surface area contributed by atoms with Crippen molar-refractivity contribution < 1.29 is 9.53 Å². The van der Waals surface area contributed by atoms with E-state index in [2.05, 4.69) is 27.3 Å². The molecular weight excluding hydrogens is 308 g/mol. The first kappa shape index (κ1) is 15.3. The van der Waals surface area contributed by atoms with Gasteiger partial charge in [-0.05, 0) is 20.0 Å². The molecule has 0 spiro atoms. The summed E-state index contributed by atoms with van der Waals surface area (Å²) in [5, 5.41) is 8.26. The van der Waals surface area contributed by atoms with Gasteiger partial charge in [-0.1, -0.05) is 0 Å². The van der Waals surface area contributed by atoms with Crippen LogP contribution in [0.15, 0.2) is 12.3 Å². The van der Waals surface area contributed by atoms with Gasteiger partial charge in [-0.2, -0.15) is 5.10 Å². The number of hydrogen-bond acceptors (Lipinski definition) is 5. The van der Waals surface area contributed by atoms with Crippen molar-refractivity contribution in [2.24, 2.45) is 7.05 Å². The number of morpholine rings is 1. The minimum Gasteiger partial charge on any atom is -0.373 e. The van der Waals surface area contributed by atoms with Crippen molar-refractivity contribution in [2.75, 3.05) is 38.6 Å². The molecule has 0 unspecified atom stereocenters. The van der Waals surface area contributed by atoms with Crippen LogP contribution >= 0.6 is 0 Å². The Morgan fingerprint density at radius 2 is 2.21 bits per heavy atom. The number of aryl methyl sites for hydroxylation is 2. The second kappa shape index (κ2) is 5.71. The van der Waals surface area contributed by atoms with Gasteiger partial charge < -0.3 is 15.0 Å². The summed E-state index contributed by atoms with van der Waals surface area (Å²) in [5.41, 5.74) is 2.40. The largest absolute Gasteiger partial charge is 0.373 e. The summed E-state index contributed by atoms with van der Waals surface area (Å²) in [4.78, 5) is 21.1. The highest BCUT2D eigenvalue weighted by molar-refractivity contribution is 5.92. The monoisotopic (exact) mass is 330 g/mol. The molecule has 1 N–H and O–H groups in total. The van der Waals surface area contributed by atoms with E-state index in [1.54, 1.807) is 10.9 Å². The first-order chi connectivity index (χ1) is 11.5. The lowest BCUT2D eigenvalue weighted by Gasteiger charge is -2.33. The van der Waals surface area contributed by atoms with Crippen LogP contribution in [0.4, 0.5) is 10.5 Å². The van der Waals surface area contributed by atoms with Crippen LogP contribution in [0.5, 0.6) is 0 Å². The summed E-state index contributed by atoms with van der Waals surface area (Å²) in [7, 11) is 3.95. The molecule has 2 atom stereocenters. The van der Waals surface area contributed by atoms with Crippen LogP contribution in [0.3, 0.4) is 0 Å². The zero-order chi connectivity index (χ0) is 16.8. The molecule has 2 amide bonds. The zero-order valence-corrected chi connectivity index (χ0v) is 14.2. The van der Waals surface area contributed by atoms with Gasteiger partial charge in [-0.3, -0.25) is 9.58 Å². The second-order valence-corrected chi connectivity index (χ2v) is 6.60.